The fraction of sp³-hybridized carbons (Fsp3) is 0.400. The molecule has 1 aromatic rings. The predicted molar refractivity (Wildman–Crippen MR) is 52.7 cm³/mol. The number of hydrogen-bond donors (Lipinski definition) is 1. The molecule has 0 saturated heterocycles. The Hall–Kier alpha value is -1.69. The molecule has 16 heavy (non-hydrogen) atoms. The van der Waals surface area contributed by atoms with E-state index in [0.717, 1.165) is 12.1 Å². The van der Waals surface area contributed by atoms with Crippen LogP contribution in [0.2, 0.25) is 0 Å². The quantitative estimate of drug-likeness (QED) is 0.629. The first-order chi connectivity index (χ1) is 7.56. The number of nitrogens with zero attached hydrogens (tertiary/aromatic N) is 1. The molecule has 1 N–H and O–H groups in total. The van der Waals surface area contributed by atoms with Crippen LogP contribution in [0.15, 0.2) is 18.2 Å². The van der Waals surface area contributed by atoms with Gasteiger partial charge in [-0.15, -0.1) is 0 Å². The second-order valence-corrected chi connectivity index (χ2v) is 3.74. The first-order valence-corrected chi connectivity index (χ1v) is 4.85. The highest BCUT2D eigenvalue weighted by molar-refractivity contribution is 5.38. The number of benzene rings is 1. The minimum absolute atomic E-state index is 0.129. The van der Waals surface area contributed by atoms with Gasteiger partial charge >= 0.3 is 5.69 Å². The standard InChI is InChI=1S/C10H10FNO4/c11-9-5-7(1-2-10(9)12(14)15)16-8-3-6(13)4-8/h1-2,5-6,8,13H,3-4H2. The topological polar surface area (TPSA) is 72.6 Å². The van der Waals surface area contributed by atoms with Gasteiger partial charge in [-0.2, -0.15) is 4.39 Å². The van der Waals surface area contributed by atoms with Gasteiger partial charge < -0.3 is 9.84 Å². The Labute approximate surface area is 90.6 Å². The lowest BCUT2D eigenvalue weighted by atomic mass is 9.92. The second kappa shape index (κ2) is 4.05. The van der Waals surface area contributed by atoms with E-state index in [-0.39, 0.29) is 18.0 Å². The van der Waals surface area contributed by atoms with E-state index in [2.05, 4.69) is 0 Å². The molecule has 0 unspecified atom stereocenters. The number of aliphatic hydroxyl groups excluding tert-OH is 1. The number of nitro groups is 1. The molecule has 0 atom stereocenters. The van der Waals surface area contributed by atoms with E-state index in [4.69, 9.17) is 9.84 Å². The molecule has 1 aliphatic rings. The molecule has 0 aliphatic heterocycles. The van der Waals surface area contributed by atoms with Gasteiger partial charge in [0.2, 0.25) is 5.82 Å². The molecule has 0 heterocycles. The summed E-state index contributed by atoms with van der Waals surface area (Å²) in [6.07, 6.45) is 0.542. The van der Waals surface area contributed by atoms with Gasteiger partial charge in [0.05, 0.1) is 11.0 Å². The van der Waals surface area contributed by atoms with Gasteiger partial charge in [-0.3, -0.25) is 10.1 Å². The van der Waals surface area contributed by atoms with Gasteiger partial charge in [0.1, 0.15) is 11.9 Å². The number of rotatable bonds is 3. The van der Waals surface area contributed by atoms with Crippen LogP contribution in [0.1, 0.15) is 12.8 Å². The first kappa shape index (κ1) is 10.8. The molecule has 1 aromatic carbocycles. The summed E-state index contributed by atoms with van der Waals surface area (Å²) in [6.45, 7) is 0. The van der Waals surface area contributed by atoms with Crippen molar-refractivity contribution in [1.82, 2.24) is 0 Å². The van der Waals surface area contributed by atoms with E-state index >= 15 is 0 Å². The third-order valence-corrected chi connectivity index (χ3v) is 2.49. The lowest BCUT2D eigenvalue weighted by Gasteiger charge is -2.31. The van der Waals surface area contributed by atoms with Crippen LogP contribution in [0.25, 0.3) is 0 Å². The fourth-order valence-electron chi connectivity index (χ4n) is 1.54. The zero-order chi connectivity index (χ0) is 11.7. The summed E-state index contributed by atoms with van der Waals surface area (Å²) in [5.41, 5.74) is -0.569. The lowest BCUT2D eigenvalue weighted by molar-refractivity contribution is -0.387. The van der Waals surface area contributed by atoms with Gasteiger partial charge in [0.25, 0.3) is 0 Å². The molecular weight excluding hydrogens is 217 g/mol. The van der Waals surface area contributed by atoms with Crippen molar-refractivity contribution < 1.29 is 19.2 Å². The number of nitro benzene ring substituents is 1. The van der Waals surface area contributed by atoms with Crippen molar-refractivity contribution in [1.29, 1.82) is 0 Å². The van der Waals surface area contributed by atoms with Gasteiger partial charge in [-0.25, -0.2) is 0 Å². The summed E-state index contributed by atoms with van der Waals surface area (Å²) in [6, 6.07) is 3.41. The summed E-state index contributed by atoms with van der Waals surface area (Å²) in [5, 5.41) is 19.4. The van der Waals surface area contributed by atoms with Crippen molar-refractivity contribution in [3.05, 3.63) is 34.1 Å². The molecule has 86 valence electrons. The normalized spacial score (nSPS) is 23.6. The summed E-state index contributed by atoms with van der Waals surface area (Å²) >= 11 is 0. The fourth-order valence-corrected chi connectivity index (χ4v) is 1.54. The number of halogens is 1. The molecule has 5 nitrogen and oxygen atoms in total. The Balaban J connectivity index is 2.06. The molecule has 0 spiro atoms. The summed E-state index contributed by atoms with van der Waals surface area (Å²) < 4.78 is 18.5. The molecular formula is C10H10FNO4. The zero-order valence-electron chi connectivity index (χ0n) is 8.30. The molecule has 1 saturated carbocycles. The SMILES string of the molecule is O=[N+]([O-])c1ccc(OC2CC(O)C2)cc1F. The number of hydrogen-bond acceptors (Lipinski definition) is 4. The monoisotopic (exact) mass is 227 g/mol. The van der Waals surface area contributed by atoms with Crippen molar-refractivity contribution >= 4 is 5.69 Å². The molecule has 1 fully saturated rings. The van der Waals surface area contributed by atoms with Crippen LogP contribution >= 0.6 is 0 Å². The summed E-state index contributed by atoms with van der Waals surface area (Å²) in [7, 11) is 0. The van der Waals surface area contributed by atoms with E-state index in [0.29, 0.717) is 12.8 Å². The van der Waals surface area contributed by atoms with Gasteiger partial charge in [-0.05, 0) is 6.07 Å². The molecule has 0 radical (unpaired) electrons. The van der Waals surface area contributed by atoms with Crippen molar-refractivity contribution in [2.45, 2.75) is 25.0 Å². The van der Waals surface area contributed by atoms with Crippen LogP contribution in [0.3, 0.4) is 0 Å². The maximum absolute atomic E-state index is 13.2. The van der Waals surface area contributed by atoms with Crippen molar-refractivity contribution in [2.75, 3.05) is 0 Å². The van der Waals surface area contributed by atoms with Crippen LogP contribution in [-0.2, 0) is 0 Å². The smallest absolute Gasteiger partial charge is 0.305 e. The lowest BCUT2D eigenvalue weighted by Crippen LogP contribution is -2.37. The molecule has 1 aliphatic carbocycles. The van der Waals surface area contributed by atoms with Crippen LogP contribution in [0.5, 0.6) is 5.75 Å². The highest BCUT2D eigenvalue weighted by Crippen LogP contribution is 2.28. The van der Waals surface area contributed by atoms with Gasteiger partial charge in [0.15, 0.2) is 0 Å². The average Bonchev–Trinajstić information content (AvgIpc) is 2.15. The summed E-state index contributed by atoms with van der Waals surface area (Å²) in [5.74, 6) is -0.664. The minimum Gasteiger partial charge on any atom is -0.490 e. The van der Waals surface area contributed by atoms with E-state index in [1.807, 2.05) is 0 Å². The molecule has 0 aromatic heterocycles. The zero-order valence-corrected chi connectivity index (χ0v) is 8.30. The van der Waals surface area contributed by atoms with Crippen LogP contribution in [0.4, 0.5) is 10.1 Å². The third kappa shape index (κ3) is 2.11. The number of aliphatic hydroxyl groups is 1. The van der Waals surface area contributed by atoms with E-state index in [1.54, 1.807) is 0 Å². The minimum atomic E-state index is -0.914. The average molecular weight is 227 g/mol. The Bertz CT molecular complexity index is 417. The Morgan fingerprint density at radius 1 is 1.50 bits per heavy atom. The highest BCUT2D eigenvalue weighted by atomic mass is 19.1. The van der Waals surface area contributed by atoms with Gasteiger partial charge in [-0.1, -0.05) is 0 Å². The van der Waals surface area contributed by atoms with Crippen molar-refractivity contribution in [3.63, 3.8) is 0 Å². The van der Waals surface area contributed by atoms with E-state index in [9.17, 15) is 14.5 Å². The van der Waals surface area contributed by atoms with Crippen molar-refractivity contribution in [2.24, 2.45) is 0 Å². The predicted octanol–water partition coefficient (Wildman–Crippen LogP) is 1.64. The second-order valence-electron chi connectivity index (χ2n) is 3.74. The van der Waals surface area contributed by atoms with Crippen molar-refractivity contribution in [3.8, 4) is 5.75 Å². The van der Waals surface area contributed by atoms with Crippen LogP contribution in [-0.4, -0.2) is 22.2 Å². The van der Waals surface area contributed by atoms with E-state index < -0.39 is 16.4 Å². The van der Waals surface area contributed by atoms with E-state index in [1.165, 1.54) is 6.07 Å². The summed E-state index contributed by atoms with van der Waals surface area (Å²) in [4.78, 5) is 9.57. The number of ether oxygens (including phenoxy) is 1. The Morgan fingerprint density at radius 2 is 2.19 bits per heavy atom. The van der Waals surface area contributed by atoms with Gasteiger partial charge in [0, 0.05) is 25.0 Å². The molecule has 2 rings (SSSR count). The largest absolute Gasteiger partial charge is 0.490 e. The molecule has 0 amide bonds. The molecule has 6 heteroatoms. The molecule has 0 bridgehead atoms. The first-order valence-electron chi connectivity index (χ1n) is 4.85. The third-order valence-electron chi connectivity index (χ3n) is 2.49. The van der Waals surface area contributed by atoms with Crippen LogP contribution in [0, 0.1) is 15.9 Å². The maximum Gasteiger partial charge on any atom is 0.305 e. The maximum atomic E-state index is 13.2. The Morgan fingerprint density at radius 3 is 2.69 bits per heavy atom. The highest BCUT2D eigenvalue weighted by Gasteiger charge is 2.29. The van der Waals surface area contributed by atoms with Crippen LogP contribution < -0.4 is 4.74 Å². The Kier molecular flexibility index (Phi) is 2.74.